The van der Waals surface area contributed by atoms with Crippen LogP contribution in [0.15, 0.2) is 36.1 Å². The Morgan fingerprint density at radius 1 is 1.27 bits per heavy atom. The molecule has 0 N–H and O–H groups in total. The van der Waals surface area contributed by atoms with Crippen LogP contribution < -0.4 is 0 Å². The Labute approximate surface area is 156 Å². The second kappa shape index (κ2) is 6.99. The number of piperidine rings is 1. The van der Waals surface area contributed by atoms with Gasteiger partial charge in [-0.05, 0) is 31.2 Å². The summed E-state index contributed by atoms with van der Waals surface area (Å²) in [6.07, 6.45) is 7.29. The summed E-state index contributed by atoms with van der Waals surface area (Å²) in [6.45, 7) is 3.45. The zero-order valence-corrected chi connectivity index (χ0v) is 15.7. The van der Waals surface area contributed by atoms with Crippen LogP contribution in [0, 0.1) is 6.92 Å². The van der Waals surface area contributed by atoms with Crippen molar-refractivity contribution in [3.05, 3.63) is 52.5 Å². The van der Waals surface area contributed by atoms with Crippen molar-refractivity contribution in [1.29, 1.82) is 0 Å². The summed E-state index contributed by atoms with van der Waals surface area (Å²) in [6, 6.07) is 3.81. The monoisotopic (exact) mass is 367 g/mol. The molecule has 0 aromatic carbocycles. The van der Waals surface area contributed by atoms with E-state index < -0.39 is 0 Å². The number of hydrogen-bond donors (Lipinski definition) is 0. The molecular formula is C19H21N5OS. The summed E-state index contributed by atoms with van der Waals surface area (Å²) < 4.78 is 2.03. The largest absolute Gasteiger partial charge is 0.337 e. The molecule has 1 aliphatic heterocycles. The quantitative estimate of drug-likeness (QED) is 0.713. The van der Waals surface area contributed by atoms with E-state index in [2.05, 4.69) is 15.0 Å². The molecule has 1 amide bonds. The maximum atomic E-state index is 12.7. The molecule has 1 aliphatic rings. The van der Waals surface area contributed by atoms with Gasteiger partial charge in [-0.15, -0.1) is 11.3 Å². The number of carbonyl (C=O) groups excluding carboxylic acids is 1. The molecule has 1 unspecified atom stereocenters. The van der Waals surface area contributed by atoms with Crippen LogP contribution in [0.3, 0.4) is 0 Å². The molecule has 134 valence electrons. The Kier molecular flexibility index (Phi) is 4.55. The summed E-state index contributed by atoms with van der Waals surface area (Å²) >= 11 is 1.50. The summed E-state index contributed by atoms with van der Waals surface area (Å²) in [5, 5.41) is 1.94. The lowest BCUT2D eigenvalue weighted by molar-refractivity contribution is 0.0711. The van der Waals surface area contributed by atoms with Crippen LogP contribution >= 0.6 is 11.3 Å². The van der Waals surface area contributed by atoms with Crippen LogP contribution in [0.25, 0.3) is 11.4 Å². The van der Waals surface area contributed by atoms with E-state index in [4.69, 9.17) is 0 Å². The van der Waals surface area contributed by atoms with Crippen molar-refractivity contribution in [3.8, 4) is 11.4 Å². The summed E-state index contributed by atoms with van der Waals surface area (Å²) in [5.41, 5.74) is 2.79. The van der Waals surface area contributed by atoms with Crippen molar-refractivity contribution >= 4 is 17.2 Å². The van der Waals surface area contributed by atoms with E-state index >= 15 is 0 Å². The van der Waals surface area contributed by atoms with Crippen LogP contribution in [0.4, 0.5) is 0 Å². The Bertz CT molecular complexity index is 918. The fraction of sp³-hybridized carbons (Fsp3) is 0.368. The normalized spacial score (nSPS) is 17.5. The minimum absolute atomic E-state index is 0.117. The fourth-order valence-electron chi connectivity index (χ4n) is 3.51. The van der Waals surface area contributed by atoms with Gasteiger partial charge in [0.25, 0.3) is 5.91 Å². The Hall–Kier alpha value is -2.54. The highest BCUT2D eigenvalue weighted by atomic mass is 32.1. The molecule has 0 spiro atoms. The molecule has 1 atom stereocenters. The zero-order chi connectivity index (χ0) is 18.1. The number of aromatic nitrogens is 4. The number of aryl methyl sites for hydroxylation is 1. The first kappa shape index (κ1) is 16.9. The van der Waals surface area contributed by atoms with Crippen LogP contribution in [-0.4, -0.2) is 43.4 Å². The minimum atomic E-state index is 0.117. The number of carbonyl (C=O) groups is 1. The molecule has 3 aromatic rings. The van der Waals surface area contributed by atoms with Crippen LogP contribution in [-0.2, 0) is 7.05 Å². The van der Waals surface area contributed by atoms with E-state index in [0.717, 1.165) is 47.2 Å². The summed E-state index contributed by atoms with van der Waals surface area (Å²) in [7, 11) is 1.99. The molecule has 4 heterocycles. The van der Waals surface area contributed by atoms with Crippen molar-refractivity contribution in [3.63, 3.8) is 0 Å². The number of amides is 1. The standard InChI is InChI=1S/C19H21N5OS/c1-13-22-11-15(23(13)2)18-17(20-7-8-21-18)14-5-3-9-24(12-14)19(25)16-6-4-10-26-16/h4,6-8,10-11,14H,3,5,9,12H2,1-2H3. The van der Waals surface area contributed by atoms with Crippen molar-refractivity contribution in [2.45, 2.75) is 25.7 Å². The Morgan fingerprint density at radius 2 is 2.12 bits per heavy atom. The number of thiophene rings is 1. The van der Waals surface area contributed by atoms with Gasteiger partial charge in [0.15, 0.2) is 0 Å². The molecule has 1 fully saturated rings. The number of imidazole rings is 1. The molecule has 0 saturated carbocycles. The summed E-state index contributed by atoms with van der Waals surface area (Å²) in [4.78, 5) is 29.1. The van der Waals surface area contributed by atoms with E-state index in [9.17, 15) is 4.79 Å². The second-order valence-corrected chi connectivity index (χ2v) is 7.56. The average molecular weight is 367 g/mol. The first-order valence-electron chi connectivity index (χ1n) is 8.77. The van der Waals surface area contributed by atoms with Gasteiger partial charge in [0.05, 0.1) is 22.5 Å². The van der Waals surface area contributed by atoms with Crippen LogP contribution in [0.2, 0.25) is 0 Å². The van der Waals surface area contributed by atoms with Gasteiger partial charge in [0.1, 0.15) is 11.5 Å². The van der Waals surface area contributed by atoms with Gasteiger partial charge in [-0.2, -0.15) is 0 Å². The molecule has 4 rings (SSSR count). The van der Waals surface area contributed by atoms with E-state index in [1.807, 2.05) is 47.1 Å². The lowest BCUT2D eigenvalue weighted by Crippen LogP contribution is -2.39. The zero-order valence-electron chi connectivity index (χ0n) is 14.9. The van der Waals surface area contributed by atoms with Gasteiger partial charge in [0, 0.05) is 38.4 Å². The first-order chi connectivity index (χ1) is 12.6. The van der Waals surface area contributed by atoms with E-state index in [1.165, 1.54) is 11.3 Å². The van der Waals surface area contributed by atoms with E-state index in [0.29, 0.717) is 6.54 Å². The van der Waals surface area contributed by atoms with Gasteiger partial charge in [-0.3, -0.25) is 14.8 Å². The molecule has 7 heteroatoms. The van der Waals surface area contributed by atoms with Gasteiger partial charge in [0.2, 0.25) is 0 Å². The number of hydrogen-bond acceptors (Lipinski definition) is 5. The highest BCUT2D eigenvalue weighted by Crippen LogP contribution is 2.32. The van der Waals surface area contributed by atoms with Crippen LogP contribution in [0.1, 0.15) is 39.9 Å². The predicted molar refractivity (Wildman–Crippen MR) is 101 cm³/mol. The molecule has 0 aliphatic carbocycles. The smallest absolute Gasteiger partial charge is 0.263 e. The second-order valence-electron chi connectivity index (χ2n) is 6.61. The summed E-state index contributed by atoms with van der Waals surface area (Å²) in [5.74, 6) is 1.24. The molecule has 0 radical (unpaired) electrons. The first-order valence-corrected chi connectivity index (χ1v) is 9.65. The van der Waals surface area contributed by atoms with Gasteiger partial charge in [-0.25, -0.2) is 4.98 Å². The lowest BCUT2D eigenvalue weighted by Gasteiger charge is -2.32. The SMILES string of the molecule is Cc1ncc(-c2nccnc2C2CCCN(C(=O)c3cccs3)C2)n1C. The molecule has 0 bridgehead atoms. The minimum Gasteiger partial charge on any atom is -0.337 e. The third kappa shape index (κ3) is 3.03. The van der Waals surface area contributed by atoms with E-state index in [1.54, 1.807) is 12.4 Å². The third-order valence-electron chi connectivity index (χ3n) is 5.02. The topological polar surface area (TPSA) is 63.9 Å². The highest BCUT2D eigenvalue weighted by Gasteiger charge is 2.29. The van der Waals surface area contributed by atoms with Crippen molar-refractivity contribution in [1.82, 2.24) is 24.4 Å². The fourth-order valence-corrected chi connectivity index (χ4v) is 4.20. The molecular weight excluding hydrogens is 346 g/mol. The lowest BCUT2D eigenvalue weighted by atomic mass is 9.92. The molecule has 6 nitrogen and oxygen atoms in total. The average Bonchev–Trinajstić information content (AvgIpc) is 3.32. The third-order valence-corrected chi connectivity index (χ3v) is 5.87. The molecule has 1 saturated heterocycles. The Morgan fingerprint density at radius 3 is 2.85 bits per heavy atom. The van der Waals surface area contributed by atoms with Crippen molar-refractivity contribution in [2.75, 3.05) is 13.1 Å². The number of rotatable bonds is 3. The van der Waals surface area contributed by atoms with E-state index in [-0.39, 0.29) is 11.8 Å². The van der Waals surface area contributed by atoms with Gasteiger partial charge < -0.3 is 9.47 Å². The van der Waals surface area contributed by atoms with Crippen molar-refractivity contribution < 1.29 is 4.79 Å². The van der Waals surface area contributed by atoms with Gasteiger partial charge >= 0.3 is 0 Å². The van der Waals surface area contributed by atoms with Crippen LogP contribution in [0.5, 0.6) is 0 Å². The number of likely N-dealkylation sites (tertiary alicyclic amines) is 1. The molecule has 26 heavy (non-hydrogen) atoms. The highest BCUT2D eigenvalue weighted by molar-refractivity contribution is 7.12. The van der Waals surface area contributed by atoms with Crippen molar-refractivity contribution in [2.24, 2.45) is 7.05 Å². The number of nitrogens with zero attached hydrogens (tertiary/aromatic N) is 5. The van der Waals surface area contributed by atoms with Gasteiger partial charge in [-0.1, -0.05) is 6.07 Å². The maximum Gasteiger partial charge on any atom is 0.263 e. The predicted octanol–water partition coefficient (Wildman–Crippen LogP) is 3.27. The molecule has 3 aromatic heterocycles. The maximum absolute atomic E-state index is 12.7. The Balaban J connectivity index is 1.64.